The molecule has 106 valence electrons. The highest BCUT2D eigenvalue weighted by molar-refractivity contribution is 9.11. The van der Waals surface area contributed by atoms with Crippen molar-refractivity contribution in [2.75, 3.05) is 13.2 Å². The second-order valence-electron chi connectivity index (χ2n) is 4.68. The largest absolute Gasteiger partial charge is 0.490 e. The Morgan fingerprint density at radius 2 is 1.95 bits per heavy atom. The van der Waals surface area contributed by atoms with E-state index in [0.29, 0.717) is 19.6 Å². The van der Waals surface area contributed by atoms with E-state index in [1.807, 2.05) is 30.3 Å². The Balaban J connectivity index is 1.77. The Morgan fingerprint density at radius 3 is 2.70 bits per heavy atom. The van der Waals surface area contributed by atoms with E-state index >= 15 is 0 Å². The number of fused-ring (bicyclic) bond motifs is 1. The minimum Gasteiger partial charge on any atom is -0.490 e. The zero-order chi connectivity index (χ0) is 13.9. The highest BCUT2D eigenvalue weighted by Gasteiger charge is 2.15. The minimum atomic E-state index is -0.530. The third kappa shape index (κ3) is 3.16. The monoisotopic (exact) mass is 354 g/mol. The van der Waals surface area contributed by atoms with E-state index < -0.39 is 6.10 Å². The van der Waals surface area contributed by atoms with Gasteiger partial charge >= 0.3 is 0 Å². The number of halogens is 1. The third-order valence-corrected chi connectivity index (χ3v) is 4.83. The summed E-state index contributed by atoms with van der Waals surface area (Å²) < 4.78 is 12.3. The zero-order valence-electron chi connectivity index (χ0n) is 10.8. The molecule has 1 aromatic carbocycles. The predicted octanol–water partition coefficient (Wildman–Crippen LogP) is 3.95. The van der Waals surface area contributed by atoms with E-state index in [1.165, 1.54) is 0 Å². The summed E-state index contributed by atoms with van der Waals surface area (Å²) in [6, 6.07) is 9.69. The molecular weight excluding hydrogens is 340 g/mol. The summed E-state index contributed by atoms with van der Waals surface area (Å²) in [6.45, 7) is 1.34. The van der Waals surface area contributed by atoms with Crippen molar-refractivity contribution in [1.29, 1.82) is 0 Å². The molecule has 20 heavy (non-hydrogen) atoms. The van der Waals surface area contributed by atoms with Crippen LogP contribution in [0.5, 0.6) is 11.5 Å². The molecule has 0 fully saturated rings. The van der Waals surface area contributed by atoms with Crippen LogP contribution in [-0.4, -0.2) is 18.3 Å². The summed E-state index contributed by atoms with van der Waals surface area (Å²) in [5.74, 6) is 1.49. The van der Waals surface area contributed by atoms with Crippen molar-refractivity contribution in [3.05, 3.63) is 44.6 Å². The molecule has 1 unspecified atom stereocenters. The lowest BCUT2D eigenvalue weighted by Crippen LogP contribution is -2.01. The second kappa shape index (κ2) is 6.16. The normalized spacial score (nSPS) is 15.7. The van der Waals surface area contributed by atoms with Gasteiger partial charge in [0.2, 0.25) is 0 Å². The van der Waals surface area contributed by atoms with Crippen molar-refractivity contribution >= 4 is 27.3 Å². The number of hydrogen-bond acceptors (Lipinski definition) is 4. The first-order valence-corrected chi connectivity index (χ1v) is 8.15. The van der Waals surface area contributed by atoms with Gasteiger partial charge in [-0.05, 0) is 45.8 Å². The van der Waals surface area contributed by atoms with E-state index in [1.54, 1.807) is 11.3 Å². The Bertz CT molecular complexity index is 597. The van der Waals surface area contributed by atoms with Gasteiger partial charge in [0.25, 0.3) is 0 Å². The number of hydrogen-bond donors (Lipinski definition) is 1. The second-order valence-corrected chi connectivity index (χ2v) is 7.23. The number of aliphatic hydroxyl groups is 1. The zero-order valence-corrected chi connectivity index (χ0v) is 13.2. The van der Waals surface area contributed by atoms with Gasteiger partial charge in [0.05, 0.1) is 23.1 Å². The molecule has 1 aromatic heterocycles. The van der Waals surface area contributed by atoms with Crippen molar-refractivity contribution < 1.29 is 14.6 Å². The lowest BCUT2D eigenvalue weighted by atomic mass is 10.1. The number of rotatable bonds is 3. The van der Waals surface area contributed by atoms with E-state index in [2.05, 4.69) is 15.9 Å². The standard InChI is InChI=1S/C15H15BrO3S/c16-15-5-3-11(20-15)9-12(17)10-2-4-13-14(8-10)19-7-1-6-18-13/h2-5,8,12,17H,1,6-7,9H2. The summed E-state index contributed by atoms with van der Waals surface area (Å²) in [7, 11) is 0. The van der Waals surface area contributed by atoms with Crippen molar-refractivity contribution in [1.82, 2.24) is 0 Å². The lowest BCUT2D eigenvalue weighted by molar-refractivity contribution is 0.179. The molecule has 3 rings (SSSR count). The molecule has 1 N–H and O–H groups in total. The molecule has 0 saturated carbocycles. The molecule has 0 spiro atoms. The molecule has 0 amide bonds. The lowest BCUT2D eigenvalue weighted by Gasteiger charge is -2.13. The maximum Gasteiger partial charge on any atom is 0.161 e. The Kier molecular flexibility index (Phi) is 4.29. The van der Waals surface area contributed by atoms with Crippen LogP contribution in [0.2, 0.25) is 0 Å². The van der Waals surface area contributed by atoms with Crippen LogP contribution in [0.1, 0.15) is 23.0 Å². The SMILES string of the molecule is OC(Cc1ccc(Br)s1)c1ccc2c(c1)OCCCO2. The van der Waals surface area contributed by atoms with Crippen molar-refractivity contribution in [3.8, 4) is 11.5 Å². The smallest absolute Gasteiger partial charge is 0.161 e. The molecule has 3 nitrogen and oxygen atoms in total. The van der Waals surface area contributed by atoms with Gasteiger partial charge in [0.15, 0.2) is 11.5 Å². The van der Waals surface area contributed by atoms with E-state index in [4.69, 9.17) is 9.47 Å². The molecule has 0 radical (unpaired) electrons. The van der Waals surface area contributed by atoms with Crippen LogP contribution in [0, 0.1) is 0 Å². The van der Waals surface area contributed by atoms with Crippen LogP contribution in [0.15, 0.2) is 34.1 Å². The van der Waals surface area contributed by atoms with Gasteiger partial charge in [-0.25, -0.2) is 0 Å². The van der Waals surface area contributed by atoms with Crippen LogP contribution >= 0.6 is 27.3 Å². The molecule has 5 heteroatoms. The van der Waals surface area contributed by atoms with Crippen LogP contribution < -0.4 is 9.47 Å². The van der Waals surface area contributed by atoms with Crippen molar-refractivity contribution in [2.45, 2.75) is 18.9 Å². The summed E-state index contributed by atoms with van der Waals surface area (Å²) in [5, 5.41) is 10.4. The topological polar surface area (TPSA) is 38.7 Å². The molecule has 1 aliphatic rings. The fourth-order valence-corrected chi connectivity index (χ4v) is 3.68. The van der Waals surface area contributed by atoms with Crippen molar-refractivity contribution in [2.24, 2.45) is 0 Å². The fourth-order valence-electron chi connectivity index (χ4n) is 2.16. The fraction of sp³-hybridized carbons (Fsp3) is 0.333. The van der Waals surface area contributed by atoms with E-state index in [-0.39, 0.29) is 0 Å². The van der Waals surface area contributed by atoms with Crippen LogP contribution in [0.4, 0.5) is 0 Å². The summed E-state index contributed by atoms with van der Waals surface area (Å²) in [5.41, 5.74) is 0.860. The molecule has 0 aliphatic carbocycles. The van der Waals surface area contributed by atoms with Gasteiger partial charge in [-0.1, -0.05) is 6.07 Å². The molecular formula is C15H15BrO3S. The molecule has 2 aromatic rings. The first-order valence-electron chi connectivity index (χ1n) is 6.54. The van der Waals surface area contributed by atoms with E-state index in [0.717, 1.165) is 32.1 Å². The predicted molar refractivity (Wildman–Crippen MR) is 82.7 cm³/mol. The van der Waals surface area contributed by atoms with Crippen LogP contribution in [-0.2, 0) is 6.42 Å². The highest BCUT2D eigenvalue weighted by Crippen LogP contribution is 2.34. The summed E-state index contributed by atoms with van der Waals surface area (Å²) in [4.78, 5) is 1.15. The van der Waals surface area contributed by atoms with Gasteiger partial charge < -0.3 is 14.6 Å². The first-order chi connectivity index (χ1) is 9.72. The average Bonchev–Trinajstić information content (AvgIpc) is 2.72. The van der Waals surface area contributed by atoms with Crippen molar-refractivity contribution in [3.63, 3.8) is 0 Å². The van der Waals surface area contributed by atoms with Crippen LogP contribution in [0.25, 0.3) is 0 Å². The highest BCUT2D eigenvalue weighted by atomic mass is 79.9. The third-order valence-electron chi connectivity index (χ3n) is 3.18. The maximum atomic E-state index is 10.4. The number of aliphatic hydroxyl groups excluding tert-OH is 1. The summed E-state index contributed by atoms with van der Waals surface area (Å²) in [6.07, 6.45) is 0.962. The molecule has 0 saturated heterocycles. The van der Waals surface area contributed by atoms with Gasteiger partial charge in [0.1, 0.15) is 0 Å². The first kappa shape index (κ1) is 13.9. The number of thiophene rings is 1. The Hall–Kier alpha value is -1.04. The Labute approximate surface area is 130 Å². The van der Waals surface area contributed by atoms with Gasteiger partial charge in [-0.15, -0.1) is 11.3 Å². The number of benzene rings is 1. The quantitative estimate of drug-likeness (QED) is 0.906. The van der Waals surface area contributed by atoms with Crippen LogP contribution in [0.3, 0.4) is 0 Å². The minimum absolute atomic E-state index is 0.530. The Morgan fingerprint density at radius 1 is 1.15 bits per heavy atom. The van der Waals surface area contributed by atoms with Gasteiger partial charge in [-0.2, -0.15) is 0 Å². The molecule has 1 atom stereocenters. The molecule has 0 bridgehead atoms. The summed E-state index contributed by atoms with van der Waals surface area (Å²) >= 11 is 5.08. The van der Waals surface area contributed by atoms with Gasteiger partial charge in [-0.3, -0.25) is 0 Å². The van der Waals surface area contributed by atoms with E-state index in [9.17, 15) is 5.11 Å². The average molecular weight is 355 g/mol. The molecule has 2 heterocycles. The number of ether oxygens (including phenoxy) is 2. The molecule has 1 aliphatic heterocycles. The van der Waals surface area contributed by atoms with Gasteiger partial charge in [0, 0.05) is 17.7 Å². The maximum absolute atomic E-state index is 10.4.